The van der Waals surface area contributed by atoms with E-state index in [4.69, 9.17) is 78.8 Å². The molecule has 760 valence electrons. The van der Waals surface area contributed by atoms with Crippen molar-refractivity contribution in [1.29, 1.82) is 0 Å². The first-order valence-electron chi connectivity index (χ1n) is 49.1. The number of nitrogen functional groups attached to an aromatic ring is 3. The van der Waals surface area contributed by atoms with Crippen LogP contribution in [0.25, 0.3) is 33.4 Å². The van der Waals surface area contributed by atoms with Crippen molar-refractivity contribution >= 4 is 92.9 Å². The molecule has 3 amide bonds. The van der Waals surface area contributed by atoms with Gasteiger partial charge in [0.15, 0.2) is 17.0 Å². The van der Waals surface area contributed by atoms with Crippen LogP contribution in [0.15, 0.2) is 113 Å². The van der Waals surface area contributed by atoms with Gasteiger partial charge in [0, 0.05) is 149 Å². The molecule has 1 saturated carbocycles. The molecule has 16 atom stereocenters. The van der Waals surface area contributed by atoms with Gasteiger partial charge >= 0.3 is 11.9 Å². The van der Waals surface area contributed by atoms with Crippen molar-refractivity contribution in [3.05, 3.63) is 137 Å². The highest BCUT2D eigenvalue weighted by atomic mass is 16.6. The number of carbonyl (C=O) groups is 7. The van der Waals surface area contributed by atoms with E-state index in [2.05, 4.69) is 53.1 Å². The standard InChI is InChI=1S/C102H141N17O21/c1-62-18-14-13-15-19-63(2)81(129-9)54-75-27-21-68(7)102(128,140-75)92(124)97(126)118-33-17-16-20-78(118)98(127)138-83(55-82(130-10)64(3)49-67(6)90(123)91(132-12)89(122)66(5)48-62)65(4)50-69-23-28-80(84(52-69)131-11)137-86(121)30-24-71-56-106-100(107-57-71)115-35-37-116(38-36-115)101-108-58-76(93(103)112-101)96(125)114(8)39-41-134-43-45-136-47-46-135-44-42-133-40-32-85(120)117-34-31-72-51-70(22-25-74(72)60-117)59-119-95-87(94(104)109-61-110-95)88(113-119)73-26-29-79-77(53-73)111-99(105)139-79/h13-15,18-19,22,25-26,29,49,51,53,56-58,61-62,64-66,68-69,75,78,80-84,90-91,123,128H,16-17,20-21,23-24,27-28,30-48,50,52,54-55,59-60H2,1-12H3,(H2,105,111)(H2,103,108,112)(H2,104,109,110)/b15-13+,18-14+,63-19+,67-49+/t62-,64-,65-,66-,68-,69+,75+,78+,80-,81+,82-,83+,84-,90-,91+,102-/m1/s1. The van der Waals surface area contributed by atoms with Gasteiger partial charge in [0.2, 0.25) is 23.6 Å². The average Bonchev–Trinajstić information content (AvgIpc) is 1.54. The molecule has 5 aromatic heterocycles. The van der Waals surface area contributed by atoms with Crippen molar-refractivity contribution in [3.8, 4) is 11.3 Å². The first-order valence-corrected chi connectivity index (χ1v) is 49.1. The summed E-state index contributed by atoms with van der Waals surface area (Å²) < 4.78 is 73.2. The largest absolute Gasteiger partial charge is 0.460 e. The minimum atomic E-state index is -2.47. The number of rotatable bonds is 32. The van der Waals surface area contributed by atoms with Gasteiger partial charge in [-0.25, -0.2) is 34.4 Å². The lowest BCUT2D eigenvalue weighted by Gasteiger charge is -2.43. The Kier molecular flexibility index (Phi) is 38.3. The number of nitrogens with two attached hydrogens (primary N) is 3. The molecule has 7 aromatic rings. The minimum Gasteiger partial charge on any atom is -0.460 e. The number of aromatic nitrogens is 9. The summed E-state index contributed by atoms with van der Waals surface area (Å²) in [7, 11) is 7.82. The molecule has 2 bridgehead atoms. The van der Waals surface area contributed by atoms with Crippen molar-refractivity contribution in [3.63, 3.8) is 0 Å². The number of aliphatic hydroxyl groups is 2. The maximum Gasteiger partial charge on any atom is 0.329 e. The van der Waals surface area contributed by atoms with E-state index in [-0.39, 0.29) is 105 Å². The number of hydrogen-bond donors (Lipinski definition) is 5. The third kappa shape index (κ3) is 27.4. The van der Waals surface area contributed by atoms with Gasteiger partial charge in [-0.3, -0.25) is 28.8 Å². The van der Waals surface area contributed by atoms with E-state index in [0.29, 0.717) is 214 Å². The fourth-order valence-corrected chi connectivity index (χ4v) is 19.7. The molecule has 38 heteroatoms. The molecule has 0 spiro atoms. The average molecular weight is 1940 g/mol. The van der Waals surface area contributed by atoms with Crippen LogP contribution in [-0.2, 0) is 107 Å². The van der Waals surface area contributed by atoms with Crippen molar-refractivity contribution in [2.45, 2.75) is 225 Å². The third-order valence-electron chi connectivity index (χ3n) is 28.1. The molecule has 0 radical (unpaired) electrons. The quantitative estimate of drug-likeness (QED) is 0.0113. The molecule has 38 nitrogen and oxygen atoms in total. The Balaban J connectivity index is 0.505. The van der Waals surface area contributed by atoms with Crippen LogP contribution in [0.3, 0.4) is 0 Å². The lowest BCUT2D eigenvalue weighted by molar-refractivity contribution is -0.265. The fourth-order valence-electron chi connectivity index (χ4n) is 19.7. The third-order valence-corrected chi connectivity index (χ3v) is 28.1. The monoisotopic (exact) mass is 1940 g/mol. The number of aliphatic hydroxyl groups excluding tert-OH is 1. The van der Waals surface area contributed by atoms with E-state index in [0.717, 1.165) is 27.8 Å². The van der Waals surface area contributed by atoms with Crippen molar-refractivity contribution in [2.24, 2.45) is 35.5 Å². The number of cyclic esters (lactones) is 1. The second kappa shape index (κ2) is 50.5. The number of esters is 2. The second-order valence-corrected chi connectivity index (χ2v) is 38.1. The Bertz CT molecular complexity index is 5490. The van der Waals surface area contributed by atoms with Crippen LogP contribution in [0.1, 0.15) is 171 Å². The van der Waals surface area contributed by atoms with Crippen LogP contribution < -0.4 is 27.0 Å². The lowest BCUT2D eigenvalue weighted by atomic mass is 9.78. The number of amides is 3. The highest BCUT2D eigenvalue weighted by Gasteiger charge is 2.54. The van der Waals surface area contributed by atoms with Gasteiger partial charge in [0.25, 0.3) is 23.6 Å². The zero-order chi connectivity index (χ0) is 99.8. The summed E-state index contributed by atoms with van der Waals surface area (Å²) in [5.41, 5.74) is 27.4. The van der Waals surface area contributed by atoms with E-state index in [1.54, 1.807) is 60.7 Å². The Morgan fingerprint density at radius 2 is 1.39 bits per heavy atom. The number of allylic oxidation sites excluding steroid dienone is 5. The summed E-state index contributed by atoms with van der Waals surface area (Å²) in [5.74, 6) is -6.85. The number of hydrogen-bond acceptors (Lipinski definition) is 34. The second-order valence-electron chi connectivity index (χ2n) is 38.1. The number of anilines is 5. The Hall–Kier alpha value is -11.2. The molecule has 3 saturated heterocycles. The number of carbonyl (C=O) groups excluding carboxylic acids is 7. The number of piperazine rings is 1. The highest BCUT2D eigenvalue weighted by Crippen LogP contribution is 2.41. The highest BCUT2D eigenvalue weighted by molar-refractivity contribution is 6.39. The maximum absolute atomic E-state index is 15.0. The molecule has 2 aromatic carbocycles. The summed E-state index contributed by atoms with van der Waals surface area (Å²) in [5, 5.41) is 29.7. The van der Waals surface area contributed by atoms with Gasteiger partial charge in [-0.2, -0.15) is 15.1 Å². The number of methoxy groups -OCH3 is 4. The molecule has 0 unspecified atom stereocenters. The van der Waals surface area contributed by atoms with Crippen LogP contribution >= 0.6 is 0 Å². The fraction of sp³-hybridized carbons (Fsp3) is 0.598. The van der Waals surface area contributed by atoms with E-state index in [1.807, 2.05) is 103 Å². The first-order chi connectivity index (χ1) is 67.4. The number of oxazole rings is 1. The number of likely N-dealkylation sites (N-methyl/N-ethyl adjacent to an activating group) is 1. The molecule has 10 heterocycles. The summed E-state index contributed by atoms with van der Waals surface area (Å²) in [4.78, 5) is 139. The van der Waals surface area contributed by atoms with Crippen LogP contribution in [0.2, 0.25) is 0 Å². The van der Waals surface area contributed by atoms with Crippen molar-refractivity contribution < 1.29 is 100 Å². The van der Waals surface area contributed by atoms with Gasteiger partial charge in [-0.05, 0) is 160 Å². The van der Waals surface area contributed by atoms with Crippen LogP contribution in [0, 0.1) is 35.5 Å². The Morgan fingerprint density at radius 1 is 0.679 bits per heavy atom. The van der Waals surface area contributed by atoms with Crippen LogP contribution in [0.5, 0.6) is 0 Å². The van der Waals surface area contributed by atoms with E-state index < -0.39 is 102 Å². The maximum atomic E-state index is 15.0. The van der Waals surface area contributed by atoms with Gasteiger partial charge in [-0.15, -0.1) is 0 Å². The minimum absolute atomic E-state index is 0.00118. The first kappa shape index (κ1) is 106. The van der Waals surface area contributed by atoms with E-state index in [9.17, 15) is 39.0 Å². The van der Waals surface area contributed by atoms with Crippen LogP contribution in [0.4, 0.5) is 29.5 Å². The predicted molar refractivity (Wildman–Crippen MR) is 523 cm³/mol. The zero-order valence-electron chi connectivity index (χ0n) is 82.9. The van der Waals surface area contributed by atoms with E-state index >= 15 is 4.79 Å². The Labute approximate surface area is 818 Å². The number of nitrogens with zero attached hydrogens (tertiary/aromatic N) is 14. The number of piperidine rings is 1. The summed E-state index contributed by atoms with van der Waals surface area (Å²) in [6, 6.07) is 10.7. The van der Waals surface area contributed by atoms with Gasteiger partial charge in [0.05, 0.1) is 95.6 Å². The van der Waals surface area contributed by atoms with Gasteiger partial charge in [-0.1, -0.05) is 89.3 Å². The summed E-state index contributed by atoms with van der Waals surface area (Å²) in [6.07, 6.45) is 18.7. The topological polar surface area (TPSA) is 477 Å². The number of aryl methyl sites for hydroxylation is 1. The predicted octanol–water partition coefficient (Wildman–Crippen LogP) is 9.57. The van der Waals surface area contributed by atoms with Crippen molar-refractivity contribution in [1.82, 2.24) is 59.4 Å². The van der Waals surface area contributed by atoms with Crippen molar-refractivity contribution in [2.75, 3.05) is 161 Å². The normalized spacial score (nSPS) is 26.7. The molecule has 8 N–H and O–H groups in total. The molecule has 1 aliphatic carbocycles. The molecule has 13 rings (SSSR count). The Morgan fingerprint density at radius 3 is 2.11 bits per heavy atom. The SMILES string of the molecule is CO[C@H]1C[C@@H]2CC[C@@H](C)[C@@](O)(O2)C(=O)C(=O)N2CCCC[C@H]2C(=O)O[C@H]([C@H](C)C[C@@H]2CC[C@@H](OC(=O)CCc3cnc(N4CCN(c5ncc(C(=O)N(C)CCOCCOCCOCCOCCC(=O)N6CCc7cc(Cn8nc(-c9ccc%10oc(N)nc%10c9)c9c(N)ncnc98)ccc7C6)c(N)n5)CC4)nc3)[C@H](OC)C2)C[C@@H](OC)[C@H](C)/C=C(\C)[C@@H](O)[C@@H](OC)C(=O)[C@H](C)C[C@H](C)/C=C/C=C/C=C/1C. The molecular weight excluding hydrogens is 1800 g/mol. The number of benzene rings is 2. The number of ketones is 2. The number of Topliss-reactive ketones (excluding diaryl/α,β-unsaturated/α-hetero) is 2. The smallest absolute Gasteiger partial charge is 0.329 e. The molecule has 5 aliphatic heterocycles. The van der Waals surface area contributed by atoms with Crippen LogP contribution in [-0.4, -0.2) is 306 Å². The molecule has 140 heavy (non-hydrogen) atoms. The number of ether oxygens (including phenoxy) is 11. The molecule has 4 fully saturated rings. The molecule has 6 aliphatic rings. The van der Waals surface area contributed by atoms with E-state index in [1.165, 1.54) is 35.0 Å². The summed E-state index contributed by atoms with van der Waals surface area (Å²) >= 11 is 0. The molecular formula is C102H141N17O21. The summed E-state index contributed by atoms with van der Waals surface area (Å²) in [6.45, 7) is 19.8. The zero-order valence-corrected chi connectivity index (χ0v) is 82.9. The number of fused-ring (bicyclic) bond motifs is 6. The van der Waals surface area contributed by atoms with Gasteiger partial charge < -0.3 is 108 Å². The van der Waals surface area contributed by atoms with Gasteiger partial charge in [0.1, 0.15) is 65.2 Å². The lowest BCUT2D eigenvalue weighted by Crippen LogP contribution is -2.61.